The minimum atomic E-state index is 0.136. The Morgan fingerprint density at radius 3 is 2.79 bits per heavy atom. The largest absolute Gasteiger partial charge is 0.351 e. The van der Waals surface area contributed by atoms with E-state index in [2.05, 4.69) is 54.1 Å². The smallest absolute Gasteiger partial charge is 0.270 e. The molecule has 2 aromatic carbocycles. The first-order chi connectivity index (χ1) is 11.6. The summed E-state index contributed by atoms with van der Waals surface area (Å²) in [6.45, 7) is 5.28. The van der Waals surface area contributed by atoms with Crippen molar-refractivity contribution in [2.24, 2.45) is 5.92 Å². The Morgan fingerprint density at radius 2 is 1.92 bits per heavy atom. The van der Waals surface area contributed by atoms with Crippen molar-refractivity contribution in [1.82, 2.24) is 9.88 Å². The van der Waals surface area contributed by atoms with Gasteiger partial charge in [-0.15, -0.1) is 0 Å². The standard InChI is InChI=1S/C21H24N2O/c1-14-6-5-7-15(2)23(13-14)21(24)20-12-18-17-9-4-3-8-16(17)10-11-19(18)22-20/h3-4,8-12,14-15,22H,5-7,13H2,1-2H3/t14-,15-/m1/s1. The zero-order valence-electron chi connectivity index (χ0n) is 14.4. The Kier molecular flexibility index (Phi) is 3.79. The molecule has 0 aliphatic carbocycles. The van der Waals surface area contributed by atoms with E-state index in [1.54, 1.807) is 0 Å². The van der Waals surface area contributed by atoms with Crippen LogP contribution in [0.2, 0.25) is 0 Å². The van der Waals surface area contributed by atoms with E-state index in [1.165, 1.54) is 23.6 Å². The lowest BCUT2D eigenvalue weighted by Gasteiger charge is -2.28. The van der Waals surface area contributed by atoms with Crippen molar-refractivity contribution in [3.05, 3.63) is 48.2 Å². The van der Waals surface area contributed by atoms with Gasteiger partial charge in [0.15, 0.2) is 0 Å². The van der Waals surface area contributed by atoms with Crippen molar-refractivity contribution >= 4 is 27.6 Å². The van der Waals surface area contributed by atoms with Crippen LogP contribution in [-0.2, 0) is 0 Å². The highest BCUT2D eigenvalue weighted by molar-refractivity contribution is 6.09. The van der Waals surface area contributed by atoms with E-state index in [0.717, 1.165) is 23.9 Å². The molecule has 0 radical (unpaired) electrons. The molecule has 1 aromatic heterocycles. The average Bonchev–Trinajstić information content (AvgIpc) is 2.96. The quantitative estimate of drug-likeness (QED) is 0.675. The number of aromatic nitrogens is 1. The monoisotopic (exact) mass is 320 g/mol. The second kappa shape index (κ2) is 5.97. The molecule has 1 fully saturated rings. The summed E-state index contributed by atoms with van der Waals surface area (Å²) < 4.78 is 0. The highest BCUT2D eigenvalue weighted by Crippen LogP contribution is 2.28. The Morgan fingerprint density at radius 1 is 1.08 bits per heavy atom. The van der Waals surface area contributed by atoms with Crippen LogP contribution in [0.15, 0.2) is 42.5 Å². The predicted octanol–water partition coefficient (Wildman–Crippen LogP) is 4.97. The lowest BCUT2D eigenvalue weighted by Crippen LogP contribution is -2.40. The number of hydrogen-bond acceptors (Lipinski definition) is 1. The van der Waals surface area contributed by atoms with Gasteiger partial charge in [0.25, 0.3) is 5.91 Å². The Bertz CT molecular complexity index is 895. The number of amides is 1. The number of hydrogen-bond donors (Lipinski definition) is 1. The number of nitrogens with zero attached hydrogens (tertiary/aromatic N) is 1. The lowest BCUT2D eigenvalue weighted by molar-refractivity contribution is 0.0672. The van der Waals surface area contributed by atoms with Gasteiger partial charge in [-0.25, -0.2) is 0 Å². The van der Waals surface area contributed by atoms with E-state index in [-0.39, 0.29) is 5.91 Å². The summed E-state index contributed by atoms with van der Waals surface area (Å²) in [6.07, 6.45) is 3.52. The van der Waals surface area contributed by atoms with Gasteiger partial charge in [-0.05, 0) is 48.6 Å². The van der Waals surface area contributed by atoms with Gasteiger partial charge in [0.05, 0.1) is 0 Å². The summed E-state index contributed by atoms with van der Waals surface area (Å²) in [6, 6.07) is 14.9. The van der Waals surface area contributed by atoms with Crippen molar-refractivity contribution in [3.63, 3.8) is 0 Å². The SMILES string of the molecule is C[C@@H]1CCC[C@@H](C)N(C(=O)c2cc3c(ccc4ccccc43)[nH]2)C1. The van der Waals surface area contributed by atoms with Crippen LogP contribution in [0.1, 0.15) is 43.6 Å². The molecule has 0 bridgehead atoms. The Hall–Kier alpha value is -2.29. The molecule has 0 unspecified atom stereocenters. The molecule has 1 saturated heterocycles. The fourth-order valence-electron chi connectivity index (χ4n) is 3.96. The van der Waals surface area contributed by atoms with E-state index < -0.39 is 0 Å². The number of aromatic amines is 1. The molecule has 1 aliphatic rings. The van der Waals surface area contributed by atoms with Gasteiger partial charge in [0, 0.05) is 23.5 Å². The first-order valence-electron chi connectivity index (χ1n) is 8.95. The highest BCUT2D eigenvalue weighted by atomic mass is 16.2. The number of fused-ring (bicyclic) bond motifs is 3. The summed E-state index contributed by atoms with van der Waals surface area (Å²) in [5, 5.41) is 3.54. The zero-order valence-corrected chi connectivity index (χ0v) is 14.4. The molecule has 124 valence electrons. The summed E-state index contributed by atoms with van der Waals surface area (Å²) in [5.74, 6) is 0.709. The zero-order chi connectivity index (χ0) is 16.7. The van der Waals surface area contributed by atoms with Crippen molar-refractivity contribution in [2.75, 3.05) is 6.54 Å². The van der Waals surface area contributed by atoms with Gasteiger partial charge in [-0.1, -0.05) is 43.7 Å². The third-order valence-electron chi connectivity index (χ3n) is 5.38. The molecule has 3 aromatic rings. The molecule has 4 rings (SSSR count). The van der Waals surface area contributed by atoms with E-state index in [0.29, 0.717) is 17.7 Å². The van der Waals surface area contributed by atoms with Crippen LogP contribution in [-0.4, -0.2) is 28.4 Å². The number of carbonyl (C=O) groups is 1. The summed E-state index contributed by atoms with van der Waals surface area (Å²) in [7, 11) is 0. The van der Waals surface area contributed by atoms with Crippen molar-refractivity contribution in [1.29, 1.82) is 0 Å². The van der Waals surface area contributed by atoms with Gasteiger partial charge in [-0.2, -0.15) is 0 Å². The molecule has 3 nitrogen and oxygen atoms in total. The van der Waals surface area contributed by atoms with Crippen LogP contribution < -0.4 is 0 Å². The minimum Gasteiger partial charge on any atom is -0.351 e. The Labute approximate surface area is 142 Å². The molecule has 24 heavy (non-hydrogen) atoms. The molecule has 3 heteroatoms. The van der Waals surface area contributed by atoms with Crippen LogP contribution >= 0.6 is 0 Å². The normalized spacial score (nSPS) is 22.0. The summed E-state index contributed by atoms with van der Waals surface area (Å²) in [5.41, 5.74) is 1.75. The maximum atomic E-state index is 13.1. The van der Waals surface area contributed by atoms with Gasteiger partial charge >= 0.3 is 0 Å². The third kappa shape index (κ3) is 2.58. The number of rotatable bonds is 1. The maximum Gasteiger partial charge on any atom is 0.270 e. The molecule has 2 atom stereocenters. The second-order valence-corrected chi connectivity index (χ2v) is 7.27. The average molecular weight is 320 g/mol. The van der Waals surface area contributed by atoms with E-state index in [1.807, 2.05) is 12.1 Å². The van der Waals surface area contributed by atoms with Crippen LogP contribution in [0.4, 0.5) is 0 Å². The van der Waals surface area contributed by atoms with Gasteiger partial charge in [0.1, 0.15) is 5.69 Å². The van der Waals surface area contributed by atoms with Gasteiger partial charge in [0.2, 0.25) is 0 Å². The third-order valence-corrected chi connectivity index (χ3v) is 5.38. The Balaban J connectivity index is 1.75. The van der Waals surface area contributed by atoms with Crippen LogP contribution in [0.25, 0.3) is 21.7 Å². The molecular weight excluding hydrogens is 296 g/mol. The number of nitrogens with one attached hydrogen (secondary N) is 1. The van der Waals surface area contributed by atoms with Crippen LogP contribution in [0.3, 0.4) is 0 Å². The molecule has 0 spiro atoms. The summed E-state index contributed by atoms with van der Waals surface area (Å²) >= 11 is 0. The van der Waals surface area contributed by atoms with Gasteiger partial charge in [-0.3, -0.25) is 4.79 Å². The van der Waals surface area contributed by atoms with E-state index in [4.69, 9.17) is 0 Å². The topological polar surface area (TPSA) is 36.1 Å². The molecule has 1 N–H and O–H groups in total. The predicted molar refractivity (Wildman–Crippen MR) is 99.3 cm³/mol. The van der Waals surface area contributed by atoms with Crippen molar-refractivity contribution in [2.45, 2.75) is 39.2 Å². The molecular formula is C21H24N2O. The van der Waals surface area contributed by atoms with Gasteiger partial charge < -0.3 is 9.88 Å². The second-order valence-electron chi connectivity index (χ2n) is 7.27. The summed E-state index contributed by atoms with van der Waals surface area (Å²) in [4.78, 5) is 18.5. The molecule has 1 amide bonds. The fraction of sp³-hybridized carbons (Fsp3) is 0.381. The minimum absolute atomic E-state index is 0.136. The molecule has 0 saturated carbocycles. The van der Waals surface area contributed by atoms with Crippen LogP contribution in [0.5, 0.6) is 0 Å². The highest BCUT2D eigenvalue weighted by Gasteiger charge is 2.27. The molecule has 2 heterocycles. The van der Waals surface area contributed by atoms with E-state index >= 15 is 0 Å². The van der Waals surface area contributed by atoms with Crippen LogP contribution in [0, 0.1) is 5.92 Å². The first-order valence-corrected chi connectivity index (χ1v) is 8.95. The maximum absolute atomic E-state index is 13.1. The molecule has 1 aliphatic heterocycles. The number of likely N-dealkylation sites (tertiary alicyclic amines) is 1. The van der Waals surface area contributed by atoms with Crippen molar-refractivity contribution < 1.29 is 4.79 Å². The van der Waals surface area contributed by atoms with E-state index in [9.17, 15) is 4.79 Å². The lowest BCUT2D eigenvalue weighted by atomic mass is 10.1. The first kappa shape index (κ1) is 15.3. The van der Waals surface area contributed by atoms with Crippen molar-refractivity contribution in [3.8, 4) is 0 Å². The fourth-order valence-corrected chi connectivity index (χ4v) is 3.96. The number of carbonyl (C=O) groups excluding carboxylic acids is 1. The number of benzene rings is 2. The number of H-pyrrole nitrogens is 1.